The van der Waals surface area contributed by atoms with Crippen molar-refractivity contribution in [2.45, 2.75) is 31.4 Å². The van der Waals surface area contributed by atoms with E-state index in [9.17, 15) is 15.0 Å². The summed E-state index contributed by atoms with van der Waals surface area (Å²) in [5, 5.41) is 23.3. The van der Waals surface area contributed by atoms with Crippen molar-refractivity contribution in [1.29, 1.82) is 0 Å². The lowest BCUT2D eigenvalue weighted by Crippen LogP contribution is -2.54. The Morgan fingerprint density at radius 1 is 1.16 bits per heavy atom. The third-order valence-corrected chi connectivity index (χ3v) is 5.81. The van der Waals surface area contributed by atoms with Gasteiger partial charge in [-0.1, -0.05) is 30.3 Å². The smallest absolute Gasteiger partial charge is 0.255 e. The number of aliphatic hydroxyl groups is 2. The van der Waals surface area contributed by atoms with Gasteiger partial charge < -0.3 is 29.4 Å². The van der Waals surface area contributed by atoms with Crippen LogP contribution in [0.5, 0.6) is 5.75 Å². The summed E-state index contributed by atoms with van der Waals surface area (Å²) in [6.07, 6.45) is 0.574. The summed E-state index contributed by atoms with van der Waals surface area (Å²) in [4.78, 5) is 13.2. The molecule has 1 unspecified atom stereocenters. The number of amides is 1. The molecule has 2 aromatic carbocycles. The lowest BCUT2D eigenvalue weighted by molar-refractivity contribution is 0.0125. The Balaban J connectivity index is 1.62. The van der Waals surface area contributed by atoms with Crippen molar-refractivity contribution in [3.05, 3.63) is 65.4 Å². The number of fused-ring (bicyclic) bond motifs is 1. The van der Waals surface area contributed by atoms with E-state index in [1.807, 2.05) is 30.3 Å². The first kappa shape index (κ1) is 21.4. The number of aryl methyl sites for hydroxylation is 1. The number of nitrogens with one attached hydrogen (secondary N) is 1. The lowest BCUT2D eigenvalue weighted by Gasteiger charge is -2.36. The van der Waals surface area contributed by atoms with Gasteiger partial charge in [-0.25, -0.2) is 0 Å². The molecule has 1 aromatic heterocycles. The van der Waals surface area contributed by atoms with Crippen LogP contribution < -0.4 is 10.1 Å². The number of rotatable bonds is 7. The summed E-state index contributed by atoms with van der Waals surface area (Å²) < 4.78 is 17.2. The number of aliphatic hydroxyl groups excluding tert-OH is 2. The van der Waals surface area contributed by atoms with Gasteiger partial charge >= 0.3 is 0 Å². The monoisotopic (exact) mass is 425 g/mol. The third kappa shape index (κ3) is 4.44. The fraction of sp³-hybridized carbons (Fsp3) is 0.375. The number of carbonyl (C=O) groups is 1. The Hall–Kier alpha value is -2.87. The minimum absolute atomic E-state index is 0.152. The summed E-state index contributed by atoms with van der Waals surface area (Å²) >= 11 is 0. The van der Waals surface area contributed by atoms with Crippen molar-refractivity contribution in [1.82, 2.24) is 5.32 Å². The number of hydrogen-bond donors (Lipinski definition) is 3. The van der Waals surface area contributed by atoms with E-state index in [1.54, 1.807) is 25.1 Å². The molecule has 7 nitrogen and oxygen atoms in total. The molecule has 4 rings (SSSR count). The van der Waals surface area contributed by atoms with E-state index in [-0.39, 0.29) is 19.1 Å². The van der Waals surface area contributed by atoms with Crippen molar-refractivity contribution >= 4 is 16.9 Å². The summed E-state index contributed by atoms with van der Waals surface area (Å²) in [5.74, 6) is 0.714. The number of ether oxygens (including phenoxy) is 2. The highest BCUT2D eigenvalue weighted by molar-refractivity contribution is 6.07. The second-order valence-corrected chi connectivity index (χ2v) is 7.90. The van der Waals surface area contributed by atoms with Gasteiger partial charge in [0.15, 0.2) is 0 Å². The van der Waals surface area contributed by atoms with E-state index < -0.39 is 11.6 Å². The second kappa shape index (κ2) is 9.09. The Labute approximate surface area is 180 Å². The van der Waals surface area contributed by atoms with Gasteiger partial charge in [0.25, 0.3) is 5.91 Å². The molecule has 0 spiro atoms. The zero-order valence-corrected chi connectivity index (χ0v) is 17.5. The number of benzene rings is 2. The van der Waals surface area contributed by atoms with Gasteiger partial charge in [0.05, 0.1) is 24.3 Å². The van der Waals surface area contributed by atoms with Crippen LogP contribution in [-0.4, -0.2) is 48.1 Å². The topological polar surface area (TPSA) is 101 Å². The molecule has 1 saturated heterocycles. The fourth-order valence-electron chi connectivity index (χ4n) is 3.99. The maximum absolute atomic E-state index is 13.2. The maximum atomic E-state index is 13.2. The van der Waals surface area contributed by atoms with Crippen molar-refractivity contribution in [2.24, 2.45) is 0 Å². The molecule has 1 fully saturated rings. The van der Waals surface area contributed by atoms with Crippen LogP contribution in [0.2, 0.25) is 0 Å². The maximum Gasteiger partial charge on any atom is 0.255 e. The molecule has 7 heteroatoms. The standard InChI is InChI=1S/C24H27NO6/c1-16-22(23(28)25-24(15-27)9-11-29-12-10-24)19-13-18(7-8-20(19)30-16)31-21(14-26)17-5-3-2-4-6-17/h2-8,13,21,26-27H,9-12,14-15H2,1H3,(H,25,28). The largest absolute Gasteiger partial charge is 0.483 e. The zero-order valence-electron chi connectivity index (χ0n) is 17.5. The molecule has 0 bridgehead atoms. The van der Waals surface area contributed by atoms with Crippen LogP contribution in [0, 0.1) is 6.92 Å². The molecule has 2 heterocycles. The van der Waals surface area contributed by atoms with Crippen molar-refractivity contribution in [3.63, 3.8) is 0 Å². The molecule has 0 radical (unpaired) electrons. The van der Waals surface area contributed by atoms with E-state index >= 15 is 0 Å². The predicted octanol–water partition coefficient (Wildman–Crippen LogP) is 3.12. The molecule has 1 aliphatic heterocycles. The predicted molar refractivity (Wildman–Crippen MR) is 115 cm³/mol. The average molecular weight is 425 g/mol. The van der Waals surface area contributed by atoms with Gasteiger partial charge in [-0.2, -0.15) is 0 Å². The fourth-order valence-corrected chi connectivity index (χ4v) is 3.99. The minimum atomic E-state index is -0.700. The van der Waals surface area contributed by atoms with Crippen LogP contribution in [0.25, 0.3) is 11.0 Å². The average Bonchev–Trinajstić information content (AvgIpc) is 3.13. The normalized spacial score (nSPS) is 16.7. The minimum Gasteiger partial charge on any atom is -0.483 e. The zero-order chi connectivity index (χ0) is 21.8. The first-order chi connectivity index (χ1) is 15.0. The van der Waals surface area contributed by atoms with Crippen LogP contribution in [0.3, 0.4) is 0 Å². The van der Waals surface area contributed by atoms with E-state index in [2.05, 4.69) is 5.32 Å². The summed E-state index contributed by atoms with van der Waals surface area (Å²) in [7, 11) is 0. The quantitative estimate of drug-likeness (QED) is 0.538. The van der Waals surface area contributed by atoms with Crippen LogP contribution >= 0.6 is 0 Å². The van der Waals surface area contributed by atoms with E-state index in [0.29, 0.717) is 54.1 Å². The van der Waals surface area contributed by atoms with E-state index in [1.165, 1.54) is 0 Å². The summed E-state index contributed by atoms with van der Waals surface area (Å²) in [6, 6.07) is 14.7. The van der Waals surface area contributed by atoms with Crippen molar-refractivity contribution in [2.75, 3.05) is 26.4 Å². The van der Waals surface area contributed by atoms with E-state index in [4.69, 9.17) is 13.9 Å². The van der Waals surface area contributed by atoms with Crippen molar-refractivity contribution < 1.29 is 28.9 Å². The highest BCUT2D eigenvalue weighted by Crippen LogP contribution is 2.32. The Bertz CT molecular complexity index is 1040. The highest BCUT2D eigenvalue weighted by atomic mass is 16.5. The molecule has 31 heavy (non-hydrogen) atoms. The second-order valence-electron chi connectivity index (χ2n) is 7.90. The Kier molecular flexibility index (Phi) is 6.27. The molecular weight excluding hydrogens is 398 g/mol. The van der Waals surface area contributed by atoms with Crippen LogP contribution in [0.4, 0.5) is 0 Å². The number of furan rings is 1. The summed E-state index contributed by atoms with van der Waals surface area (Å²) in [5.41, 5.74) is 1.14. The van der Waals surface area contributed by atoms with Crippen molar-refractivity contribution in [3.8, 4) is 5.75 Å². The first-order valence-electron chi connectivity index (χ1n) is 10.4. The molecule has 1 atom stereocenters. The Morgan fingerprint density at radius 2 is 1.90 bits per heavy atom. The molecular formula is C24H27NO6. The van der Waals surface area contributed by atoms with Gasteiger partial charge in [0, 0.05) is 18.6 Å². The molecule has 0 saturated carbocycles. The van der Waals surface area contributed by atoms with Gasteiger partial charge in [0.2, 0.25) is 0 Å². The molecule has 1 aliphatic rings. The molecule has 1 amide bonds. The van der Waals surface area contributed by atoms with Crippen LogP contribution in [0.15, 0.2) is 52.9 Å². The van der Waals surface area contributed by atoms with Gasteiger partial charge in [-0.3, -0.25) is 4.79 Å². The molecule has 3 N–H and O–H groups in total. The number of carbonyl (C=O) groups excluding carboxylic acids is 1. The molecule has 3 aromatic rings. The molecule has 164 valence electrons. The number of hydrogen-bond acceptors (Lipinski definition) is 6. The van der Waals surface area contributed by atoms with Gasteiger partial charge in [0.1, 0.15) is 23.2 Å². The van der Waals surface area contributed by atoms with Crippen LogP contribution in [0.1, 0.15) is 40.6 Å². The third-order valence-electron chi connectivity index (χ3n) is 5.81. The van der Waals surface area contributed by atoms with Gasteiger partial charge in [-0.05, 0) is 43.5 Å². The molecule has 0 aliphatic carbocycles. The lowest BCUT2D eigenvalue weighted by atomic mass is 9.90. The summed E-state index contributed by atoms with van der Waals surface area (Å²) in [6.45, 7) is 2.39. The SMILES string of the molecule is Cc1oc2ccc(OC(CO)c3ccccc3)cc2c1C(=O)NC1(CO)CCOCC1. The van der Waals surface area contributed by atoms with Crippen LogP contribution in [-0.2, 0) is 4.74 Å². The van der Waals surface area contributed by atoms with Gasteiger partial charge in [-0.15, -0.1) is 0 Å². The highest BCUT2D eigenvalue weighted by Gasteiger charge is 2.35. The first-order valence-corrected chi connectivity index (χ1v) is 10.4. The Morgan fingerprint density at radius 3 is 2.58 bits per heavy atom. The van der Waals surface area contributed by atoms with E-state index in [0.717, 1.165) is 5.56 Å².